The Bertz CT molecular complexity index is 572. The van der Waals surface area contributed by atoms with Gasteiger partial charge in [-0.15, -0.1) is 11.3 Å². The average molecular weight is 300 g/mol. The lowest BCUT2D eigenvalue weighted by atomic mass is 10.2. The Morgan fingerprint density at radius 2 is 2.42 bits per heavy atom. The molecule has 0 radical (unpaired) electrons. The second kappa shape index (κ2) is 5.28. The summed E-state index contributed by atoms with van der Waals surface area (Å²) in [7, 11) is 0. The van der Waals surface area contributed by atoms with E-state index in [1.165, 1.54) is 17.7 Å². The van der Waals surface area contributed by atoms with E-state index in [9.17, 15) is 4.79 Å². The molecule has 0 bridgehead atoms. The van der Waals surface area contributed by atoms with E-state index in [4.69, 9.17) is 20.9 Å². The van der Waals surface area contributed by atoms with Crippen LogP contribution in [0.2, 0.25) is 4.34 Å². The number of morpholine rings is 1. The van der Waals surface area contributed by atoms with Crippen LogP contribution in [-0.2, 0) is 4.74 Å². The molecule has 0 unspecified atom stereocenters. The minimum absolute atomic E-state index is 0.0880. The molecule has 19 heavy (non-hydrogen) atoms. The molecule has 0 aliphatic carbocycles. The van der Waals surface area contributed by atoms with Crippen LogP contribution in [0.4, 0.5) is 0 Å². The highest BCUT2D eigenvalue weighted by atomic mass is 35.5. The van der Waals surface area contributed by atoms with Gasteiger partial charge in [0.1, 0.15) is 6.04 Å². The van der Waals surface area contributed by atoms with Crippen molar-refractivity contribution in [1.29, 1.82) is 0 Å². The largest absolute Gasteiger partial charge is 0.377 e. The highest BCUT2D eigenvalue weighted by Crippen LogP contribution is 2.27. The number of nitrogens with zero attached hydrogens (tertiary/aromatic N) is 3. The lowest BCUT2D eigenvalue weighted by Crippen LogP contribution is -2.43. The summed E-state index contributed by atoms with van der Waals surface area (Å²) in [5, 5.41) is 3.79. The van der Waals surface area contributed by atoms with Gasteiger partial charge in [-0.05, 0) is 12.1 Å². The van der Waals surface area contributed by atoms with Crippen molar-refractivity contribution >= 4 is 28.8 Å². The summed E-state index contributed by atoms with van der Waals surface area (Å²) in [5.74, 6) is 0.366. The van der Waals surface area contributed by atoms with Gasteiger partial charge < -0.3 is 14.2 Å². The van der Waals surface area contributed by atoms with Crippen molar-refractivity contribution in [1.82, 2.24) is 15.0 Å². The van der Waals surface area contributed by atoms with Crippen molar-refractivity contribution < 1.29 is 14.1 Å². The van der Waals surface area contributed by atoms with Gasteiger partial charge in [0.15, 0.2) is 5.82 Å². The van der Waals surface area contributed by atoms with E-state index < -0.39 is 0 Å². The molecule has 3 rings (SSSR count). The molecule has 0 N–H and O–H groups in total. The number of ether oxygens (including phenoxy) is 1. The molecule has 2 aromatic rings. The SMILES string of the molecule is O=C(c1ccc(Cl)s1)N1CCOC[C@H]1c1ncon1. The van der Waals surface area contributed by atoms with Crippen LogP contribution in [0.25, 0.3) is 0 Å². The molecule has 1 saturated heterocycles. The molecule has 100 valence electrons. The molecular weight excluding hydrogens is 290 g/mol. The Kier molecular flexibility index (Phi) is 3.50. The quantitative estimate of drug-likeness (QED) is 0.848. The molecule has 6 nitrogen and oxygen atoms in total. The molecule has 8 heteroatoms. The van der Waals surface area contributed by atoms with Crippen LogP contribution in [0.1, 0.15) is 21.5 Å². The van der Waals surface area contributed by atoms with Crippen LogP contribution in [0.15, 0.2) is 23.0 Å². The van der Waals surface area contributed by atoms with E-state index in [2.05, 4.69) is 10.1 Å². The van der Waals surface area contributed by atoms with Gasteiger partial charge in [-0.25, -0.2) is 0 Å². The molecular formula is C11H10ClN3O3S. The predicted molar refractivity (Wildman–Crippen MR) is 68.2 cm³/mol. The fraction of sp³-hybridized carbons (Fsp3) is 0.364. The maximum Gasteiger partial charge on any atom is 0.264 e. The van der Waals surface area contributed by atoms with Gasteiger partial charge in [0.05, 0.1) is 22.4 Å². The summed E-state index contributed by atoms with van der Waals surface area (Å²) in [6.45, 7) is 1.36. The topological polar surface area (TPSA) is 68.5 Å². The van der Waals surface area contributed by atoms with Gasteiger partial charge in [0.25, 0.3) is 5.91 Å². The zero-order valence-corrected chi connectivity index (χ0v) is 11.4. The van der Waals surface area contributed by atoms with E-state index in [-0.39, 0.29) is 11.9 Å². The molecule has 0 spiro atoms. The summed E-state index contributed by atoms with van der Waals surface area (Å²) in [5.41, 5.74) is 0. The highest BCUT2D eigenvalue weighted by Gasteiger charge is 2.32. The first-order chi connectivity index (χ1) is 9.25. The maximum atomic E-state index is 12.5. The monoisotopic (exact) mass is 299 g/mol. The molecule has 3 heterocycles. The molecule has 1 aliphatic heterocycles. The van der Waals surface area contributed by atoms with E-state index in [1.807, 2.05) is 0 Å². The second-order valence-electron chi connectivity index (χ2n) is 3.98. The normalized spacial score (nSPS) is 19.6. The van der Waals surface area contributed by atoms with Crippen molar-refractivity contribution in [2.45, 2.75) is 6.04 Å². The average Bonchev–Trinajstić information content (AvgIpc) is 3.09. The first-order valence-corrected chi connectivity index (χ1v) is 6.85. The highest BCUT2D eigenvalue weighted by molar-refractivity contribution is 7.17. The number of halogens is 1. The molecule has 1 amide bonds. The molecule has 2 aromatic heterocycles. The van der Waals surface area contributed by atoms with E-state index in [0.29, 0.717) is 34.8 Å². The summed E-state index contributed by atoms with van der Waals surface area (Å²) < 4.78 is 10.7. The lowest BCUT2D eigenvalue weighted by molar-refractivity contribution is -0.00550. The van der Waals surface area contributed by atoms with E-state index in [0.717, 1.165) is 0 Å². The van der Waals surface area contributed by atoms with Gasteiger partial charge in [-0.3, -0.25) is 4.79 Å². The number of aromatic nitrogens is 2. The van der Waals surface area contributed by atoms with Crippen LogP contribution >= 0.6 is 22.9 Å². The predicted octanol–water partition coefficient (Wildman–Crippen LogP) is 2.00. The Morgan fingerprint density at radius 1 is 1.53 bits per heavy atom. The van der Waals surface area contributed by atoms with Crippen LogP contribution in [0.3, 0.4) is 0 Å². The van der Waals surface area contributed by atoms with Crippen LogP contribution in [0, 0.1) is 0 Å². The molecule has 0 aromatic carbocycles. The third-order valence-electron chi connectivity index (χ3n) is 2.85. The van der Waals surface area contributed by atoms with Crippen LogP contribution in [-0.4, -0.2) is 40.7 Å². The van der Waals surface area contributed by atoms with Gasteiger partial charge in [-0.1, -0.05) is 16.8 Å². The maximum absolute atomic E-state index is 12.5. The van der Waals surface area contributed by atoms with Crippen LogP contribution in [0.5, 0.6) is 0 Å². The van der Waals surface area contributed by atoms with Crippen molar-refractivity contribution in [3.63, 3.8) is 0 Å². The fourth-order valence-electron chi connectivity index (χ4n) is 1.96. The zero-order valence-electron chi connectivity index (χ0n) is 9.78. The summed E-state index contributed by atoms with van der Waals surface area (Å²) in [6, 6.07) is 3.11. The number of rotatable bonds is 2. The number of hydrogen-bond donors (Lipinski definition) is 0. The van der Waals surface area contributed by atoms with Gasteiger partial charge in [-0.2, -0.15) is 4.98 Å². The van der Waals surface area contributed by atoms with Crippen LogP contribution < -0.4 is 0 Å². The summed E-state index contributed by atoms with van der Waals surface area (Å²) in [6.07, 6.45) is 1.24. The third-order valence-corrected chi connectivity index (χ3v) is 4.07. The Labute approximate surface area is 117 Å². The second-order valence-corrected chi connectivity index (χ2v) is 5.70. The lowest BCUT2D eigenvalue weighted by Gasteiger charge is -2.33. The molecule has 0 saturated carbocycles. The zero-order chi connectivity index (χ0) is 13.2. The molecule has 1 aliphatic rings. The van der Waals surface area contributed by atoms with E-state index >= 15 is 0 Å². The van der Waals surface area contributed by atoms with Crippen molar-refractivity contribution in [2.75, 3.05) is 19.8 Å². The smallest absolute Gasteiger partial charge is 0.264 e. The van der Waals surface area contributed by atoms with Gasteiger partial charge >= 0.3 is 0 Å². The Hall–Kier alpha value is -1.44. The van der Waals surface area contributed by atoms with Crippen molar-refractivity contribution in [3.8, 4) is 0 Å². The Balaban J connectivity index is 1.86. The summed E-state index contributed by atoms with van der Waals surface area (Å²) >= 11 is 7.12. The summed E-state index contributed by atoms with van der Waals surface area (Å²) in [4.78, 5) is 18.7. The molecule has 1 atom stereocenters. The minimum Gasteiger partial charge on any atom is -0.377 e. The number of thiophene rings is 1. The first-order valence-electron chi connectivity index (χ1n) is 5.66. The minimum atomic E-state index is -0.319. The van der Waals surface area contributed by atoms with Gasteiger partial charge in [0.2, 0.25) is 6.39 Å². The first kappa shape index (κ1) is 12.6. The van der Waals surface area contributed by atoms with Crippen molar-refractivity contribution in [3.05, 3.63) is 33.6 Å². The number of carbonyl (C=O) groups is 1. The van der Waals surface area contributed by atoms with Gasteiger partial charge in [0, 0.05) is 6.54 Å². The third kappa shape index (κ3) is 2.49. The number of amides is 1. The van der Waals surface area contributed by atoms with E-state index in [1.54, 1.807) is 17.0 Å². The number of carbonyl (C=O) groups excluding carboxylic acids is 1. The number of hydrogen-bond acceptors (Lipinski definition) is 6. The standard InChI is InChI=1S/C11H10ClN3O3S/c12-9-2-1-8(19-9)11(16)15-3-4-17-5-7(15)10-13-6-18-14-10/h1-2,6-7H,3-5H2/t7-/m0/s1. The fourth-order valence-corrected chi connectivity index (χ4v) is 2.96. The molecule has 1 fully saturated rings. The Morgan fingerprint density at radius 3 is 3.11 bits per heavy atom. The van der Waals surface area contributed by atoms with Crippen molar-refractivity contribution in [2.24, 2.45) is 0 Å².